The van der Waals surface area contributed by atoms with Crippen LogP contribution in [0.3, 0.4) is 0 Å². The molecule has 4 N–H and O–H groups in total. The monoisotopic (exact) mass is 676 g/mol. The number of methoxy groups -OCH3 is 1. The van der Waals surface area contributed by atoms with Gasteiger partial charge in [-0.15, -0.1) is 0 Å². The van der Waals surface area contributed by atoms with Crippen molar-refractivity contribution in [2.24, 2.45) is 0 Å². The average Bonchev–Trinajstić information content (AvgIpc) is 3.48. The molecule has 0 aromatic heterocycles. The minimum Gasteiger partial charge on any atom is -0.493 e. The highest BCUT2D eigenvalue weighted by Crippen LogP contribution is 2.37. The van der Waals surface area contributed by atoms with Crippen molar-refractivity contribution < 1.29 is 43.9 Å². The van der Waals surface area contributed by atoms with Gasteiger partial charge in [0, 0.05) is 38.3 Å². The summed E-state index contributed by atoms with van der Waals surface area (Å²) in [5.41, 5.74) is 0.963. The summed E-state index contributed by atoms with van der Waals surface area (Å²) in [5.74, 6) is 0.0626. The molecule has 12 heteroatoms. The van der Waals surface area contributed by atoms with E-state index in [9.17, 15) is 24.9 Å². The van der Waals surface area contributed by atoms with Crippen molar-refractivity contribution in [1.82, 2.24) is 10.2 Å². The van der Waals surface area contributed by atoms with Crippen molar-refractivity contribution in [1.29, 1.82) is 0 Å². The smallest absolute Gasteiger partial charge is 0.252 e. The van der Waals surface area contributed by atoms with Crippen LogP contribution in [0.15, 0.2) is 23.8 Å². The van der Waals surface area contributed by atoms with Crippen LogP contribution < -0.4 is 14.8 Å². The fraction of sp³-hybridized carbons (Fsp3) is 0.643. The Kier molecular flexibility index (Phi) is 12.9. The molecule has 1 fully saturated rings. The Morgan fingerprint density at radius 1 is 1.27 bits per heavy atom. The highest BCUT2D eigenvalue weighted by molar-refractivity contribution is 14.1. The number of nitrogens with one attached hydrogen (secondary N) is 1. The van der Waals surface area contributed by atoms with Gasteiger partial charge in [0.05, 0.1) is 36.0 Å². The Morgan fingerprint density at radius 2 is 2.05 bits per heavy atom. The molecular formula is C28H41IN2O9. The van der Waals surface area contributed by atoms with E-state index in [0.717, 1.165) is 6.42 Å². The van der Waals surface area contributed by atoms with Crippen LogP contribution in [0.2, 0.25) is 0 Å². The lowest BCUT2D eigenvalue weighted by atomic mass is 9.87. The topological polar surface area (TPSA) is 147 Å². The second-order valence-electron chi connectivity index (χ2n) is 10.1. The normalized spacial score (nSPS) is 22.6. The number of carbonyl (C=O) groups excluding carboxylic acids is 2. The molecule has 1 saturated heterocycles. The Morgan fingerprint density at radius 3 is 2.67 bits per heavy atom. The van der Waals surface area contributed by atoms with Crippen LogP contribution in [0, 0.1) is 3.57 Å². The number of rotatable bonds is 14. The predicted octanol–water partition coefficient (Wildman–Crippen LogP) is 1.53. The maximum atomic E-state index is 13.7. The number of aliphatic hydroxyl groups excluding tert-OH is 3. The summed E-state index contributed by atoms with van der Waals surface area (Å²) in [4.78, 5) is 28.3. The van der Waals surface area contributed by atoms with E-state index in [2.05, 4.69) is 27.9 Å². The third kappa shape index (κ3) is 8.52. The lowest BCUT2D eigenvalue weighted by Crippen LogP contribution is -2.57. The first-order valence-electron chi connectivity index (χ1n) is 13.7. The first-order chi connectivity index (χ1) is 19.2. The molecule has 0 saturated carbocycles. The summed E-state index contributed by atoms with van der Waals surface area (Å²) in [6.07, 6.45) is 0.812. The number of nitrogens with zero attached hydrogens (tertiary/aromatic N) is 1. The van der Waals surface area contributed by atoms with Gasteiger partial charge in [0.1, 0.15) is 18.3 Å². The summed E-state index contributed by atoms with van der Waals surface area (Å²) < 4.78 is 23.8. The van der Waals surface area contributed by atoms with Crippen molar-refractivity contribution >= 4 is 34.4 Å². The second kappa shape index (κ2) is 15.9. The summed E-state index contributed by atoms with van der Waals surface area (Å²) in [7, 11) is 1.48. The Hall–Kier alpha value is -1.97. The molecule has 2 aliphatic rings. The first kappa shape index (κ1) is 32.5. The van der Waals surface area contributed by atoms with Gasteiger partial charge in [-0.1, -0.05) is 0 Å². The van der Waals surface area contributed by atoms with Crippen molar-refractivity contribution in [3.05, 3.63) is 32.9 Å². The number of ether oxygens (including phenoxy) is 4. The molecule has 0 spiro atoms. The lowest BCUT2D eigenvalue weighted by molar-refractivity contribution is -0.148. The molecule has 3 rings (SSSR count). The average molecular weight is 677 g/mol. The van der Waals surface area contributed by atoms with Crippen molar-refractivity contribution in [2.45, 2.75) is 76.6 Å². The Labute approximate surface area is 248 Å². The van der Waals surface area contributed by atoms with Gasteiger partial charge in [-0.3, -0.25) is 9.59 Å². The van der Waals surface area contributed by atoms with Crippen LogP contribution in [0.25, 0.3) is 0 Å². The van der Waals surface area contributed by atoms with Crippen LogP contribution in [0.4, 0.5) is 0 Å². The molecule has 1 aromatic rings. The molecule has 1 aliphatic carbocycles. The highest BCUT2D eigenvalue weighted by atomic mass is 127. The fourth-order valence-electron chi connectivity index (χ4n) is 4.85. The third-order valence-corrected chi connectivity index (χ3v) is 7.62. The highest BCUT2D eigenvalue weighted by Gasteiger charge is 2.42. The van der Waals surface area contributed by atoms with Crippen LogP contribution in [0.5, 0.6) is 11.5 Å². The van der Waals surface area contributed by atoms with Gasteiger partial charge in [0.2, 0.25) is 5.91 Å². The molecule has 2 amide bonds. The molecule has 1 aliphatic heterocycles. The number of benzene rings is 1. The van der Waals surface area contributed by atoms with E-state index in [4.69, 9.17) is 18.9 Å². The zero-order valence-electron chi connectivity index (χ0n) is 23.3. The third-order valence-electron chi connectivity index (χ3n) is 6.82. The lowest BCUT2D eigenvalue weighted by Gasteiger charge is -2.41. The molecular weight excluding hydrogens is 635 g/mol. The number of carbonyl (C=O) groups is 2. The number of aliphatic hydroxyl groups is 3. The summed E-state index contributed by atoms with van der Waals surface area (Å²) >= 11 is 2.06. The minimum atomic E-state index is -1.18. The molecule has 11 nitrogen and oxygen atoms in total. The largest absolute Gasteiger partial charge is 0.493 e. The Balaban J connectivity index is 1.96. The van der Waals surface area contributed by atoms with Crippen LogP contribution >= 0.6 is 22.6 Å². The Bertz CT molecular complexity index is 1030. The first-order valence-corrected chi connectivity index (χ1v) is 14.7. The molecule has 224 valence electrons. The number of halogens is 1. The van der Waals surface area contributed by atoms with E-state index in [-0.39, 0.29) is 38.2 Å². The molecule has 1 unspecified atom stereocenters. The molecule has 1 aromatic carbocycles. The standard InChI is InChI=1S/C28H41IN2O9/c1-17(2)38-11-5-8-31(28(36)22-6-4-10-39-22)21-14-19(27(35)30-7-9-32)15-23(25(21)34)40-26-20(29)12-18(16-33)13-24(26)37-3/h12-13,15,17,21-23,25,32-34H,4-11,14,16H2,1-3H3,(H,30,35)/t21-,22?,23+,25+/m1/s1. The van der Waals surface area contributed by atoms with Gasteiger partial charge in [-0.2, -0.15) is 0 Å². The van der Waals surface area contributed by atoms with E-state index in [1.165, 1.54) is 7.11 Å². The zero-order chi connectivity index (χ0) is 29.2. The van der Waals surface area contributed by atoms with E-state index in [0.29, 0.717) is 58.8 Å². The van der Waals surface area contributed by atoms with Crippen molar-refractivity contribution in [3.63, 3.8) is 0 Å². The summed E-state index contributed by atoms with van der Waals surface area (Å²) in [5, 5.41) is 33.1. The van der Waals surface area contributed by atoms with Gasteiger partial charge in [0.15, 0.2) is 11.5 Å². The fourth-order valence-corrected chi connectivity index (χ4v) is 5.64. The van der Waals surface area contributed by atoms with Gasteiger partial charge >= 0.3 is 0 Å². The molecule has 0 bridgehead atoms. The van der Waals surface area contributed by atoms with Crippen molar-refractivity contribution in [2.75, 3.05) is 40.0 Å². The number of hydrogen-bond donors (Lipinski definition) is 4. The predicted molar refractivity (Wildman–Crippen MR) is 155 cm³/mol. The van der Waals surface area contributed by atoms with Gasteiger partial charge in [-0.25, -0.2) is 0 Å². The van der Waals surface area contributed by atoms with Crippen LogP contribution in [-0.4, -0.2) is 103 Å². The van der Waals surface area contributed by atoms with Crippen LogP contribution in [0.1, 0.15) is 45.1 Å². The van der Waals surface area contributed by atoms with Gasteiger partial charge < -0.3 is 44.5 Å². The molecule has 40 heavy (non-hydrogen) atoms. The van der Waals surface area contributed by atoms with Crippen molar-refractivity contribution in [3.8, 4) is 11.5 Å². The zero-order valence-corrected chi connectivity index (χ0v) is 25.5. The van der Waals surface area contributed by atoms with Crippen LogP contribution in [-0.2, 0) is 25.7 Å². The second-order valence-corrected chi connectivity index (χ2v) is 11.3. The van der Waals surface area contributed by atoms with E-state index in [1.54, 1.807) is 23.1 Å². The molecule has 1 heterocycles. The SMILES string of the molecule is COc1cc(CO)cc(I)c1O[C@H]1C=C(C(=O)NCCO)C[C@@H](N(CCCOC(C)C)C(=O)C2CCCO2)[C@@H]1O. The molecule has 4 atom stereocenters. The number of hydrogen-bond acceptors (Lipinski definition) is 9. The quantitative estimate of drug-likeness (QED) is 0.170. The maximum absolute atomic E-state index is 13.7. The summed E-state index contributed by atoms with van der Waals surface area (Å²) in [6, 6.07) is 2.61. The molecule has 0 radical (unpaired) electrons. The maximum Gasteiger partial charge on any atom is 0.252 e. The van der Waals surface area contributed by atoms with E-state index in [1.807, 2.05) is 13.8 Å². The number of amides is 2. The van der Waals surface area contributed by atoms with E-state index < -0.39 is 30.3 Å². The van der Waals surface area contributed by atoms with E-state index >= 15 is 0 Å². The summed E-state index contributed by atoms with van der Waals surface area (Å²) in [6.45, 7) is 4.76. The van der Waals surface area contributed by atoms with Gasteiger partial charge in [0.25, 0.3) is 5.91 Å². The van der Waals surface area contributed by atoms with Gasteiger partial charge in [-0.05, 0) is 79.5 Å². The minimum absolute atomic E-state index is 0.0415.